The highest BCUT2D eigenvalue weighted by molar-refractivity contribution is 6.30. The summed E-state index contributed by atoms with van der Waals surface area (Å²) in [4.78, 5) is 0. The molecule has 0 bridgehead atoms. The molecule has 0 aliphatic carbocycles. The van der Waals surface area contributed by atoms with Crippen LogP contribution in [0, 0.1) is 25.5 Å². The van der Waals surface area contributed by atoms with E-state index in [1.54, 1.807) is 25.1 Å². The van der Waals surface area contributed by atoms with E-state index in [-0.39, 0.29) is 5.56 Å². The van der Waals surface area contributed by atoms with Crippen molar-refractivity contribution in [3.05, 3.63) is 69.2 Å². The SMILES string of the molecule is Cc1cc(C(N)c2ccc(Cl)cc2C)c(F)cc1F. The molecule has 100 valence electrons. The van der Waals surface area contributed by atoms with Crippen LogP contribution >= 0.6 is 11.6 Å². The summed E-state index contributed by atoms with van der Waals surface area (Å²) in [6, 6.07) is 6.92. The molecule has 2 rings (SSSR count). The van der Waals surface area contributed by atoms with Gasteiger partial charge in [-0.2, -0.15) is 0 Å². The summed E-state index contributed by atoms with van der Waals surface area (Å²) in [6.07, 6.45) is 0. The molecule has 0 saturated carbocycles. The third-order valence-electron chi connectivity index (χ3n) is 3.18. The van der Waals surface area contributed by atoms with Gasteiger partial charge in [0.15, 0.2) is 0 Å². The lowest BCUT2D eigenvalue weighted by Crippen LogP contribution is -2.15. The maximum atomic E-state index is 13.8. The molecule has 0 aliphatic heterocycles. The molecule has 0 spiro atoms. The zero-order valence-electron chi connectivity index (χ0n) is 10.7. The standard InChI is InChI=1S/C15H14ClF2N/c1-8-5-10(16)3-4-11(8)15(19)12-6-9(2)13(17)7-14(12)18/h3-7,15H,19H2,1-2H3. The van der Waals surface area contributed by atoms with Crippen LogP contribution in [-0.4, -0.2) is 0 Å². The van der Waals surface area contributed by atoms with E-state index in [9.17, 15) is 8.78 Å². The Morgan fingerprint density at radius 3 is 2.26 bits per heavy atom. The third kappa shape index (κ3) is 2.77. The van der Waals surface area contributed by atoms with Crippen molar-refractivity contribution < 1.29 is 8.78 Å². The predicted octanol–water partition coefficient (Wildman–Crippen LogP) is 4.28. The molecule has 2 aromatic carbocycles. The molecule has 2 N–H and O–H groups in total. The van der Waals surface area contributed by atoms with Crippen molar-refractivity contribution in [3.63, 3.8) is 0 Å². The fraction of sp³-hybridized carbons (Fsp3) is 0.200. The average molecular weight is 282 g/mol. The van der Waals surface area contributed by atoms with Crippen LogP contribution in [0.25, 0.3) is 0 Å². The lowest BCUT2D eigenvalue weighted by Gasteiger charge is -2.17. The lowest BCUT2D eigenvalue weighted by molar-refractivity contribution is 0.560. The average Bonchev–Trinajstić information content (AvgIpc) is 2.33. The first-order valence-electron chi connectivity index (χ1n) is 5.87. The van der Waals surface area contributed by atoms with Gasteiger partial charge in [-0.1, -0.05) is 17.7 Å². The number of hydrogen-bond donors (Lipinski definition) is 1. The summed E-state index contributed by atoms with van der Waals surface area (Å²) in [7, 11) is 0. The molecule has 0 radical (unpaired) electrons. The summed E-state index contributed by atoms with van der Waals surface area (Å²) >= 11 is 5.88. The van der Waals surface area contributed by atoms with E-state index in [0.717, 1.165) is 17.2 Å². The molecule has 4 heteroatoms. The number of aryl methyl sites for hydroxylation is 2. The normalized spacial score (nSPS) is 12.5. The van der Waals surface area contributed by atoms with Crippen molar-refractivity contribution in [2.24, 2.45) is 5.73 Å². The van der Waals surface area contributed by atoms with Crippen LogP contribution in [0.5, 0.6) is 0 Å². The number of nitrogens with two attached hydrogens (primary N) is 1. The maximum Gasteiger partial charge on any atom is 0.131 e. The molecule has 0 aliphatic rings. The molecular weight excluding hydrogens is 268 g/mol. The van der Waals surface area contributed by atoms with Crippen molar-refractivity contribution in [1.82, 2.24) is 0 Å². The highest BCUT2D eigenvalue weighted by Gasteiger charge is 2.17. The first kappa shape index (κ1) is 14.0. The van der Waals surface area contributed by atoms with Gasteiger partial charge in [0.2, 0.25) is 0 Å². The quantitative estimate of drug-likeness (QED) is 0.873. The number of benzene rings is 2. The van der Waals surface area contributed by atoms with E-state index in [4.69, 9.17) is 17.3 Å². The molecule has 19 heavy (non-hydrogen) atoms. The molecule has 1 nitrogen and oxygen atoms in total. The second-order valence-corrected chi connectivity index (χ2v) is 5.04. The minimum Gasteiger partial charge on any atom is -0.320 e. The Labute approximate surface area is 116 Å². The number of hydrogen-bond acceptors (Lipinski definition) is 1. The summed E-state index contributed by atoms with van der Waals surface area (Å²) in [5.74, 6) is -1.20. The Morgan fingerprint density at radius 1 is 0.947 bits per heavy atom. The second kappa shape index (κ2) is 5.27. The predicted molar refractivity (Wildman–Crippen MR) is 73.3 cm³/mol. The first-order chi connectivity index (χ1) is 8.90. The van der Waals surface area contributed by atoms with Crippen molar-refractivity contribution in [1.29, 1.82) is 0 Å². The summed E-state index contributed by atoms with van der Waals surface area (Å²) in [5, 5.41) is 0.601. The summed E-state index contributed by atoms with van der Waals surface area (Å²) in [5.41, 5.74) is 8.39. The van der Waals surface area contributed by atoms with Gasteiger partial charge in [-0.3, -0.25) is 0 Å². The van der Waals surface area contributed by atoms with Crippen LogP contribution in [0.1, 0.15) is 28.3 Å². The Bertz CT molecular complexity index is 626. The fourth-order valence-corrected chi connectivity index (χ4v) is 2.30. The van der Waals surface area contributed by atoms with Crippen molar-refractivity contribution in [3.8, 4) is 0 Å². The van der Waals surface area contributed by atoms with Crippen molar-refractivity contribution >= 4 is 11.6 Å². The smallest absolute Gasteiger partial charge is 0.131 e. The largest absolute Gasteiger partial charge is 0.320 e. The molecule has 0 amide bonds. The van der Waals surface area contributed by atoms with E-state index in [2.05, 4.69) is 0 Å². The van der Waals surface area contributed by atoms with Crippen LogP contribution in [0.15, 0.2) is 30.3 Å². The minimum absolute atomic E-state index is 0.282. The van der Waals surface area contributed by atoms with Crippen LogP contribution in [0.2, 0.25) is 5.02 Å². The molecule has 2 aromatic rings. The van der Waals surface area contributed by atoms with Gasteiger partial charge >= 0.3 is 0 Å². The van der Waals surface area contributed by atoms with Gasteiger partial charge in [-0.15, -0.1) is 0 Å². The topological polar surface area (TPSA) is 26.0 Å². The Hall–Kier alpha value is -1.45. The first-order valence-corrected chi connectivity index (χ1v) is 6.25. The van der Waals surface area contributed by atoms with Gasteiger partial charge in [0, 0.05) is 16.7 Å². The van der Waals surface area contributed by atoms with Crippen LogP contribution < -0.4 is 5.73 Å². The molecule has 1 unspecified atom stereocenters. The summed E-state index contributed by atoms with van der Waals surface area (Å²) < 4.78 is 27.1. The zero-order valence-corrected chi connectivity index (χ0v) is 11.4. The Kier molecular flexibility index (Phi) is 3.88. The molecule has 0 saturated heterocycles. The van der Waals surface area contributed by atoms with Crippen LogP contribution in [0.3, 0.4) is 0 Å². The fourth-order valence-electron chi connectivity index (χ4n) is 2.07. The van der Waals surface area contributed by atoms with Crippen molar-refractivity contribution in [2.45, 2.75) is 19.9 Å². The molecular formula is C15H14ClF2N. The highest BCUT2D eigenvalue weighted by Crippen LogP contribution is 2.28. The molecule has 1 atom stereocenters. The summed E-state index contributed by atoms with van der Waals surface area (Å²) in [6.45, 7) is 3.44. The molecule has 0 heterocycles. The maximum absolute atomic E-state index is 13.8. The van der Waals surface area contributed by atoms with Gasteiger partial charge in [-0.25, -0.2) is 8.78 Å². The van der Waals surface area contributed by atoms with E-state index >= 15 is 0 Å². The zero-order chi connectivity index (χ0) is 14.2. The van der Waals surface area contributed by atoms with Gasteiger partial charge in [0.05, 0.1) is 6.04 Å². The van der Waals surface area contributed by atoms with Gasteiger partial charge in [-0.05, 0) is 48.7 Å². The highest BCUT2D eigenvalue weighted by atomic mass is 35.5. The van der Waals surface area contributed by atoms with Crippen LogP contribution in [0.4, 0.5) is 8.78 Å². The second-order valence-electron chi connectivity index (χ2n) is 4.60. The van der Waals surface area contributed by atoms with Gasteiger partial charge in [0.25, 0.3) is 0 Å². The molecule has 0 fully saturated rings. The molecule has 0 aromatic heterocycles. The van der Waals surface area contributed by atoms with E-state index < -0.39 is 17.7 Å². The Balaban J connectivity index is 2.49. The number of halogens is 3. The van der Waals surface area contributed by atoms with E-state index in [1.165, 1.54) is 6.07 Å². The van der Waals surface area contributed by atoms with Crippen LogP contribution in [-0.2, 0) is 0 Å². The minimum atomic E-state index is -0.642. The monoisotopic (exact) mass is 281 g/mol. The van der Waals surface area contributed by atoms with E-state index in [0.29, 0.717) is 10.6 Å². The van der Waals surface area contributed by atoms with Gasteiger partial charge < -0.3 is 5.73 Å². The van der Waals surface area contributed by atoms with E-state index in [1.807, 2.05) is 6.92 Å². The lowest BCUT2D eigenvalue weighted by atomic mass is 9.94. The number of rotatable bonds is 2. The van der Waals surface area contributed by atoms with Crippen molar-refractivity contribution in [2.75, 3.05) is 0 Å². The Morgan fingerprint density at radius 2 is 1.63 bits per heavy atom. The van der Waals surface area contributed by atoms with Gasteiger partial charge in [0.1, 0.15) is 11.6 Å². The third-order valence-corrected chi connectivity index (χ3v) is 3.42.